The van der Waals surface area contributed by atoms with Crippen molar-refractivity contribution in [3.63, 3.8) is 0 Å². The van der Waals surface area contributed by atoms with E-state index in [0.29, 0.717) is 48.7 Å². The summed E-state index contributed by atoms with van der Waals surface area (Å²) in [6.45, 7) is 6.94. The quantitative estimate of drug-likeness (QED) is 0.162. The van der Waals surface area contributed by atoms with Crippen LogP contribution in [0.2, 0.25) is 25.7 Å². The van der Waals surface area contributed by atoms with Gasteiger partial charge in [0.2, 0.25) is 5.95 Å². The maximum atomic E-state index is 14.0. The molecule has 46 heavy (non-hydrogen) atoms. The van der Waals surface area contributed by atoms with E-state index in [1.165, 1.54) is 4.90 Å². The number of carbonyl (C=O) groups excluding carboxylic acids is 1. The minimum absolute atomic E-state index is 0.120. The SMILES string of the molecule is C[Si](C)(C)CCOCn1ncc(N[C@H]2CCC/C2=N\OCC(=O)N2CCN(c3ncc(C(F)(F)F)cn3)CC2)c(C(F)(F)F)c1=O. The molecule has 12 nitrogen and oxygen atoms in total. The Bertz CT molecular complexity index is 1440. The Morgan fingerprint density at radius 2 is 1.72 bits per heavy atom. The maximum Gasteiger partial charge on any atom is 0.423 e. The maximum absolute atomic E-state index is 14.0. The highest BCUT2D eigenvalue weighted by atomic mass is 28.3. The number of anilines is 2. The molecule has 254 valence electrons. The Kier molecular flexibility index (Phi) is 11.0. The lowest BCUT2D eigenvalue weighted by molar-refractivity contribution is -0.139. The first-order valence-electron chi connectivity index (χ1n) is 14.7. The first-order chi connectivity index (χ1) is 21.5. The molecule has 2 aromatic heterocycles. The number of oxime groups is 1. The second kappa shape index (κ2) is 14.4. The van der Waals surface area contributed by atoms with Crippen molar-refractivity contribution in [1.29, 1.82) is 0 Å². The van der Waals surface area contributed by atoms with Gasteiger partial charge in [-0.2, -0.15) is 31.4 Å². The van der Waals surface area contributed by atoms with Gasteiger partial charge in [0.25, 0.3) is 11.5 Å². The third-order valence-corrected chi connectivity index (χ3v) is 9.15. The van der Waals surface area contributed by atoms with Crippen molar-refractivity contribution in [3.05, 3.63) is 40.1 Å². The number of carbonyl (C=O) groups is 1. The largest absolute Gasteiger partial charge is 0.423 e. The zero-order chi connectivity index (χ0) is 33.7. The van der Waals surface area contributed by atoms with Crippen molar-refractivity contribution in [1.82, 2.24) is 24.6 Å². The number of amides is 1. The molecular formula is C27H36F6N8O4Si. The summed E-state index contributed by atoms with van der Waals surface area (Å²) in [5.74, 6) is -0.270. The van der Waals surface area contributed by atoms with Crippen LogP contribution in [0.4, 0.5) is 38.0 Å². The number of piperazine rings is 1. The summed E-state index contributed by atoms with van der Waals surface area (Å²) in [5, 5.41) is 10.6. The number of rotatable bonds is 11. The Morgan fingerprint density at radius 1 is 1.04 bits per heavy atom. The zero-order valence-corrected chi connectivity index (χ0v) is 26.6. The number of ether oxygens (including phenoxy) is 1. The van der Waals surface area contributed by atoms with Gasteiger partial charge < -0.3 is 24.7 Å². The van der Waals surface area contributed by atoms with Crippen LogP contribution in [0.15, 0.2) is 28.5 Å². The van der Waals surface area contributed by atoms with Crippen molar-refractivity contribution in [3.8, 4) is 0 Å². The van der Waals surface area contributed by atoms with Crippen molar-refractivity contribution < 1.29 is 40.7 Å². The number of hydrogen-bond donors (Lipinski definition) is 1. The van der Waals surface area contributed by atoms with E-state index in [1.54, 1.807) is 4.90 Å². The Labute approximate surface area is 261 Å². The third kappa shape index (κ3) is 9.40. The smallest absolute Gasteiger partial charge is 0.386 e. The minimum Gasteiger partial charge on any atom is -0.386 e. The average molecular weight is 679 g/mol. The molecule has 1 saturated carbocycles. The Hall–Kier alpha value is -3.74. The van der Waals surface area contributed by atoms with Gasteiger partial charge in [-0.15, -0.1) is 0 Å². The fourth-order valence-electron chi connectivity index (χ4n) is 4.82. The van der Waals surface area contributed by atoms with Crippen molar-refractivity contribution in [2.75, 3.05) is 49.6 Å². The molecule has 1 N–H and O–H groups in total. The Morgan fingerprint density at radius 3 is 2.33 bits per heavy atom. The van der Waals surface area contributed by atoms with Crippen LogP contribution in [-0.2, 0) is 33.5 Å². The van der Waals surface area contributed by atoms with Gasteiger partial charge in [-0.3, -0.25) is 9.59 Å². The van der Waals surface area contributed by atoms with E-state index in [1.807, 2.05) is 0 Å². The second-order valence-electron chi connectivity index (χ2n) is 12.2. The van der Waals surface area contributed by atoms with E-state index >= 15 is 0 Å². The predicted octanol–water partition coefficient (Wildman–Crippen LogP) is 4.07. The fourth-order valence-corrected chi connectivity index (χ4v) is 5.58. The summed E-state index contributed by atoms with van der Waals surface area (Å²) in [4.78, 5) is 41.4. The van der Waals surface area contributed by atoms with Crippen LogP contribution in [0.5, 0.6) is 0 Å². The van der Waals surface area contributed by atoms with Crippen molar-refractivity contribution in [2.45, 2.75) is 70.1 Å². The normalized spacial score (nSPS) is 18.7. The summed E-state index contributed by atoms with van der Waals surface area (Å²) in [7, 11) is -1.43. The molecule has 1 aliphatic carbocycles. The summed E-state index contributed by atoms with van der Waals surface area (Å²) in [6.07, 6.45) is -5.71. The molecule has 4 rings (SSSR count). The molecule has 0 spiro atoms. The number of aromatic nitrogens is 4. The molecule has 1 amide bonds. The first-order valence-corrected chi connectivity index (χ1v) is 18.4. The number of nitrogens with one attached hydrogen (secondary N) is 1. The van der Waals surface area contributed by atoms with Gasteiger partial charge in [0, 0.05) is 53.3 Å². The molecule has 0 unspecified atom stereocenters. The molecule has 3 heterocycles. The topological polar surface area (TPSA) is 127 Å². The van der Waals surface area contributed by atoms with Crippen LogP contribution >= 0.6 is 0 Å². The van der Waals surface area contributed by atoms with Gasteiger partial charge in [-0.05, 0) is 25.3 Å². The molecular weight excluding hydrogens is 642 g/mol. The molecule has 1 atom stereocenters. The van der Waals surface area contributed by atoms with Crippen molar-refractivity contribution >= 4 is 31.3 Å². The third-order valence-electron chi connectivity index (χ3n) is 7.45. The van der Waals surface area contributed by atoms with E-state index in [2.05, 4.69) is 45.2 Å². The van der Waals surface area contributed by atoms with Crippen LogP contribution in [0, 0.1) is 0 Å². The summed E-state index contributed by atoms with van der Waals surface area (Å²) < 4.78 is 86.3. The zero-order valence-electron chi connectivity index (χ0n) is 25.6. The molecule has 2 fully saturated rings. The highest BCUT2D eigenvalue weighted by Gasteiger charge is 2.39. The van der Waals surface area contributed by atoms with Gasteiger partial charge in [0.05, 0.1) is 29.2 Å². The minimum atomic E-state index is -4.95. The highest BCUT2D eigenvalue weighted by molar-refractivity contribution is 6.76. The highest BCUT2D eigenvalue weighted by Crippen LogP contribution is 2.33. The predicted molar refractivity (Wildman–Crippen MR) is 158 cm³/mol. The monoisotopic (exact) mass is 678 g/mol. The number of nitrogens with zero attached hydrogens (tertiary/aromatic N) is 7. The molecule has 0 radical (unpaired) electrons. The van der Waals surface area contributed by atoms with Gasteiger partial charge in [-0.1, -0.05) is 24.8 Å². The number of alkyl halides is 6. The van der Waals surface area contributed by atoms with E-state index in [-0.39, 0.29) is 38.0 Å². The van der Waals surface area contributed by atoms with Gasteiger partial charge in [0.15, 0.2) is 6.61 Å². The van der Waals surface area contributed by atoms with Crippen LogP contribution in [0.25, 0.3) is 0 Å². The standard InChI is InChI=1S/C27H36F6N8O4Si/c1-46(2,3)12-11-44-17-41-24(43)23(27(31,32)33)21(15-36-41)37-19-5-4-6-20(19)38-45-16-22(42)39-7-9-40(10-8-39)25-34-13-18(14-35-25)26(28,29)30/h13-15,19,37H,4-12,16-17H2,1-3H3/b38-20+/t19-/m0/s1. The summed E-state index contributed by atoms with van der Waals surface area (Å²) >= 11 is 0. The summed E-state index contributed by atoms with van der Waals surface area (Å²) in [6, 6.07) is 0.108. The second-order valence-corrected chi connectivity index (χ2v) is 17.8. The van der Waals surface area contributed by atoms with Crippen molar-refractivity contribution in [2.24, 2.45) is 5.16 Å². The molecule has 2 aliphatic rings. The lowest BCUT2D eigenvalue weighted by Crippen LogP contribution is -2.50. The average Bonchev–Trinajstić information content (AvgIpc) is 3.41. The van der Waals surface area contributed by atoms with E-state index in [9.17, 15) is 35.9 Å². The van der Waals surface area contributed by atoms with Crippen LogP contribution < -0.4 is 15.8 Å². The molecule has 1 saturated heterocycles. The Balaban J connectivity index is 1.31. The number of hydrogen-bond acceptors (Lipinski definition) is 10. The van der Waals surface area contributed by atoms with Gasteiger partial charge >= 0.3 is 12.4 Å². The lowest BCUT2D eigenvalue weighted by atomic mass is 10.2. The van der Waals surface area contributed by atoms with Gasteiger partial charge in [-0.25, -0.2) is 14.6 Å². The van der Waals surface area contributed by atoms with E-state index < -0.39 is 62.2 Å². The van der Waals surface area contributed by atoms with Crippen LogP contribution in [0.3, 0.4) is 0 Å². The van der Waals surface area contributed by atoms with E-state index in [0.717, 1.165) is 12.2 Å². The molecule has 0 aromatic carbocycles. The van der Waals surface area contributed by atoms with Crippen LogP contribution in [-0.4, -0.2) is 89.8 Å². The fraction of sp³-hybridized carbons (Fsp3) is 0.630. The molecule has 1 aliphatic heterocycles. The molecule has 2 aromatic rings. The first kappa shape index (κ1) is 35.1. The number of halogens is 6. The molecule has 19 heteroatoms. The molecule has 0 bridgehead atoms. The lowest BCUT2D eigenvalue weighted by Gasteiger charge is -2.34. The van der Waals surface area contributed by atoms with E-state index in [4.69, 9.17) is 9.57 Å². The summed E-state index contributed by atoms with van der Waals surface area (Å²) in [5.41, 5.74) is -3.76. The van der Waals surface area contributed by atoms with Crippen LogP contribution in [0.1, 0.15) is 30.4 Å². The van der Waals surface area contributed by atoms with Gasteiger partial charge in [0.1, 0.15) is 12.3 Å².